The first kappa shape index (κ1) is 12.7. The second kappa shape index (κ2) is 4.67. The van der Waals surface area contributed by atoms with Crippen molar-refractivity contribution in [3.8, 4) is 11.3 Å². The molecule has 2 N–H and O–H groups in total. The molecule has 0 fully saturated rings. The Labute approximate surface area is 119 Å². The fourth-order valence-corrected chi connectivity index (χ4v) is 2.49. The maximum Gasteiger partial charge on any atom is 0.138 e. The van der Waals surface area contributed by atoms with Crippen LogP contribution in [0, 0.1) is 13.8 Å². The van der Waals surface area contributed by atoms with Crippen molar-refractivity contribution < 1.29 is 0 Å². The molecule has 0 saturated carbocycles. The molecule has 102 valence electrons. The van der Waals surface area contributed by atoms with Crippen LogP contribution in [0.3, 0.4) is 0 Å². The first-order chi connectivity index (χ1) is 9.60. The highest BCUT2D eigenvalue weighted by Crippen LogP contribution is 2.26. The van der Waals surface area contributed by atoms with Crippen LogP contribution in [-0.4, -0.2) is 9.38 Å². The Morgan fingerprint density at radius 2 is 1.85 bits per heavy atom. The van der Waals surface area contributed by atoms with Crippen molar-refractivity contribution in [3.05, 3.63) is 53.3 Å². The first-order valence-electron chi connectivity index (χ1n) is 6.94. The molecule has 0 amide bonds. The number of hydrogen-bond donors (Lipinski definition) is 1. The number of aromatic nitrogens is 2. The van der Waals surface area contributed by atoms with Crippen molar-refractivity contribution in [1.82, 2.24) is 9.38 Å². The van der Waals surface area contributed by atoms with Gasteiger partial charge in [-0.25, -0.2) is 4.98 Å². The van der Waals surface area contributed by atoms with Crippen LogP contribution < -0.4 is 5.73 Å². The van der Waals surface area contributed by atoms with E-state index in [1.807, 2.05) is 19.2 Å². The quantitative estimate of drug-likeness (QED) is 0.766. The summed E-state index contributed by atoms with van der Waals surface area (Å²) in [4.78, 5) is 4.75. The third-order valence-electron chi connectivity index (χ3n) is 3.88. The Morgan fingerprint density at radius 3 is 2.50 bits per heavy atom. The van der Waals surface area contributed by atoms with E-state index < -0.39 is 0 Å². The van der Waals surface area contributed by atoms with Gasteiger partial charge in [0.25, 0.3) is 0 Å². The minimum Gasteiger partial charge on any atom is -0.397 e. The van der Waals surface area contributed by atoms with E-state index >= 15 is 0 Å². The van der Waals surface area contributed by atoms with Crippen molar-refractivity contribution in [2.75, 3.05) is 5.73 Å². The van der Waals surface area contributed by atoms with Gasteiger partial charge in [-0.15, -0.1) is 0 Å². The predicted molar refractivity (Wildman–Crippen MR) is 83.9 cm³/mol. The summed E-state index contributed by atoms with van der Waals surface area (Å²) < 4.78 is 2.06. The van der Waals surface area contributed by atoms with E-state index in [0.717, 1.165) is 40.3 Å². The molecule has 3 rings (SSSR count). The topological polar surface area (TPSA) is 43.3 Å². The molecule has 0 aliphatic rings. The van der Waals surface area contributed by atoms with E-state index in [1.54, 1.807) is 0 Å². The average Bonchev–Trinajstić information content (AvgIpc) is 2.77. The summed E-state index contributed by atoms with van der Waals surface area (Å²) in [6.45, 7) is 6.25. The third-order valence-corrected chi connectivity index (χ3v) is 3.88. The maximum absolute atomic E-state index is 5.99. The molecule has 3 nitrogen and oxygen atoms in total. The van der Waals surface area contributed by atoms with Gasteiger partial charge in [0.1, 0.15) is 5.65 Å². The number of nitrogen functional groups attached to an aromatic ring is 1. The minimum absolute atomic E-state index is 0.797. The van der Waals surface area contributed by atoms with Crippen LogP contribution >= 0.6 is 0 Å². The number of aryl methyl sites for hydroxylation is 3. The van der Waals surface area contributed by atoms with Crippen molar-refractivity contribution in [3.63, 3.8) is 0 Å². The molecule has 3 heteroatoms. The lowest BCUT2D eigenvalue weighted by Crippen LogP contribution is -1.95. The van der Waals surface area contributed by atoms with E-state index in [0.29, 0.717) is 0 Å². The smallest absolute Gasteiger partial charge is 0.138 e. The number of rotatable bonds is 2. The summed E-state index contributed by atoms with van der Waals surface area (Å²) in [6, 6.07) is 10.6. The van der Waals surface area contributed by atoms with Crippen LogP contribution in [-0.2, 0) is 6.42 Å². The molecule has 0 spiro atoms. The fraction of sp³-hybridized carbons (Fsp3) is 0.235. The predicted octanol–water partition coefficient (Wildman–Crippen LogP) is 3.76. The molecule has 2 aromatic heterocycles. The van der Waals surface area contributed by atoms with Gasteiger partial charge in [0, 0.05) is 17.5 Å². The van der Waals surface area contributed by atoms with E-state index in [1.165, 1.54) is 5.56 Å². The summed E-state index contributed by atoms with van der Waals surface area (Å²) in [5.74, 6) is 0. The molecular weight excluding hydrogens is 246 g/mol. The van der Waals surface area contributed by atoms with Gasteiger partial charge in [0.15, 0.2) is 0 Å². The lowest BCUT2D eigenvalue weighted by Gasteiger charge is -2.03. The molecular formula is C17H19N3. The maximum atomic E-state index is 5.99. The van der Waals surface area contributed by atoms with Gasteiger partial charge in [0.2, 0.25) is 0 Å². The van der Waals surface area contributed by atoms with Crippen molar-refractivity contribution in [2.45, 2.75) is 27.2 Å². The zero-order valence-corrected chi connectivity index (χ0v) is 12.1. The highest BCUT2D eigenvalue weighted by Gasteiger charge is 2.11. The molecule has 0 aliphatic heterocycles. The van der Waals surface area contributed by atoms with Gasteiger partial charge in [-0.1, -0.05) is 31.2 Å². The average molecular weight is 265 g/mol. The van der Waals surface area contributed by atoms with Crippen LogP contribution in [0.15, 0.2) is 36.5 Å². The molecule has 0 saturated heterocycles. The van der Waals surface area contributed by atoms with E-state index in [4.69, 9.17) is 10.7 Å². The number of imidazole rings is 1. The van der Waals surface area contributed by atoms with Gasteiger partial charge in [-0.2, -0.15) is 0 Å². The normalized spacial score (nSPS) is 11.2. The number of nitrogens with zero attached hydrogens (tertiary/aromatic N) is 2. The third kappa shape index (κ3) is 1.95. The van der Waals surface area contributed by atoms with Crippen molar-refractivity contribution in [2.24, 2.45) is 0 Å². The second-order valence-electron chi connectivity index (χ2n) is 5.24. The first-order valence-corrected chi connectivity index (χ1v) is 6.94. The summed E-state index contributed by atoms with van der Waals surface area (Å²) in [5.41, 5.74) is 13.4. The number of pyridine rings is 1. The summed E-state index contributed by atoms with van der Waals surface area (Å²) >= 11 is 0. The molecule has 0 aliphatic carbocycles. The lowest BCUT2D eigenvalue weighted by molar-refractivity contribution is 1.11. The molecule has 1 aromatic carbocycles. The minimum atomic E-state index is 0.797. The Hall–Kier alpha value is -2.29. The van der Waals surface area contributed by atoms with Crippen LogP contribution in [0.1, 0.15) is 23.7 Å². The SMILES string of the molecule is CCc1ccc(-c2nc3cc(C)c(N)cn3c2C)cc1. The molecule has 0 atom stereocenters. The van der Waals surface area contributed by atoms with Crippen LogP contribution in [0.2, 0.25) is 0 Å². The van der Waals surface area contributed by atoms with Crippen molar-refractivity contribution in [1.29, 1.82) is 0 Å². The van der Waals surface area contributed by atoms with Crippen molar-refractivity contribution >= 4 is 11.3 Å². The lowest BCUT2D eigenvalue weighted by atomic mass is 10.1. The number of anilines is 1. The Balaban J connectivity index is 2.18. The molecule has 20 heavy (non-hydrogen) atoms. The van der Waals surface area contributed by atoms with E-state index in [2.05, 4.69) is 42.5 Å². The monoisotopic (exact) mass is 265 g/mol. The zero-order chi connectivity index (χ0) is 14.3. The highest BCUT2D eigenvalue weighted by atomic mass is 15.0. The summed E-state index contributed by atoms with van der Waals surface area (Å²) in [7, 11) is 0. The largest absolute Gasteiger partial charge is 0.397 e. The molecule has 0 radical (unpaired) electrons. The van der Waals surface area contributed by atoms with Gasteiger partial charge in [-0.3, -0.25) is 0 Å². The summed E-state index contributed by atoms with van der Waals surface area (Å²) in [6.07, 6.45) is 3.01. The van der Waals surface area contributed by atoms with Gasteiger partial charge in [-0.05, 0) is 37.5 Å². The number of fused-ring (bicyclic) bond motifs is 1. The number of nitrogens with two attached hydrogens (primary N) is 1. The molecule has 2 heterocycles. The van der Waals surface area contributed by atoms with E-state index in [9.17, 15) is 0 Å². The number of hydrogen-bond acceptors (Lipinski definition) is 2. The fourth-order valence-electron chi connectivity index (χ4n) is 2.49. The Morgan fingerprint density at radius 1 is 1.15 bits per heavy atom. The molecule has 3 aromatic rings. The van der Waals surface area contributed by atoms with Gasteiger partial charge >= 0.3 is 0 Å². The van der Waals surface area contributed by atoms with Gasteiger partial charge < -0.3 is 10.1 Å². The Bertz CT molecular complexity index is 767. The van der Waals surface area contributed by atoms with Crippen LogP contribution in [0.5, 0.6) is 0 Å². The molecule has 0 bridgehead atoms. The second-order valence-corrected chi connectivity index (χ2v) is 5.24. The Kier molecular flexibility index (Phi) is 2.97. The van der Waals surface area contributed by atoms with Crippen LogP contribution in [0.25, 0.3) is 16.9 Å². The number of benzene rings is 1. The van der Waals surface area contributed by atoms with E-state index in [-0.39, 0.29) is 0 Å². The van der Waals surface area contributed by atoms with Crippen LogP contribution in [0.4, 0.5) is 5.69 Å². The summed E-state index contributed by atoms with van der Waals surface area (Å²) in [5, 5.41) is 0. The van der Waals surface area contributed by atoms with Gasteiger partial charge in [0.05, 0.1) is 11.4 Å². The zero-order valence-electron chi connectivity index (χ0n) is 12.1. The standard InChI is InChI=1S/C17H19N3/c1-4-13-5-7-14(8-6-13)17-12(3)20-10-15(18)11(2)9-16(20)19-17/h5-10H,4,18H2,1-3H3. The molecule has 0 unspecified atom stereocenters. The highest BCUT2D eigenvalue weighted by molar-refractivity contribution is 5.68.